The number of aromatic amines is 1. The van der Waals surface area contributed by atoms with E-state index in [1.165, 1.54) is 6.42 Å². The second-order valence-corrected chi connectivity index (χ2v) is 3.62. The Morgan fingerprint density at radius 3 is 2.86 bits per heavy atom. The van der Waals surface area contributed by atoms with Crippen LogP contribution in [0.3, 0.4) is 0 Å². The predicted octanol–water partition coefficient (Wildman–Crippen LogP) is 1.04. The molecule has 0 aliphatic rings. The van der Waals surface area contributed by atoms with Crippen molar-refractivity contribution in [1.29, 1.82) is 0 Å². The van der Waals surface area contributed by atoms with Gasteiger partial charge in [-0.05, 0) is 19.3 Å². The first kappa shape index (κ1) is 11.1. The van der Waals surface area contributed by atoms with Crippen molar-refractivity contribution in [2.45, 2.75) is 51.5 Å². The van der Waals surface area contributed by atoms with Crippen molar-refractivity contribution in [3.8, 4) is 0 Å². The van der Waals surface area contributed by atoms with Crippen LogP contribution in [0.25, 0.3) is 0 Å². The topological polar surface area (TPSA) is 80.5 Å². The summed E-state index contributed by atoms with van der Waals surface area (Å²) in [6.07, 6.45) is 6.54. The molecule has 14 heavy (non-hydrogen) atoms. The molecule has 1 aromatic rings. The third-order valence-corrected chi connectivity index (χ3v) is 2.27. The number of unbranched alkanes of at least 4 members (excludes halogenated alkanes) is 1. The molecule has 3 N–H and O–H groups in total. The summed E-state index contributed by atoms with van der Waals surface area (Å²) in [5.74, 6) is 0.800. The zero-order valence-electron chi connectivity index (χ0n) is 8.74. The quantitative estimate of drug-likeness (QED) is 0.640. The van der Waals surface area contributed by atoms with Gasteiger partial charge in [-0.3, -0.25) is 0 Å². The van der Waals surface area contributed by atoms with Gasteiger partial charge in [0.2, 0.25) is 0 Å². The van der Waals surface area contributed by atoms with Gasteiger partial charge < -0.3 is 5.73 Å². The third kappa shape index (κ3) is 4.32. The molecule has 0 saturated heterocycles. The summed E-state index contributed by atoms with van der Waals surface area (Å²) in [6.45, 7) is 2.17. The number of nitrogens with two attached hydrogens (primary N) is 1. The highest BCUT2D eigenvalue weighted by Gasteiger charge is 2.02. The number of nitrogens with zero attached hydrogens (tertiary/aromatic N) is 3. The Kier molecular flexibility index (Phi) is 5.14. The lowest BCUT2D eigenvalue weighted by Crippen LogP contribution is -2.19. The number of nitrogens with one attached hydrogen (secondary N) is 1. The Hall–Kier alpha value is -0.970. The lowest BCUT2D eigenvalue weighted by Gasteiger charge is -2.08. The summed E-state index contributed by atoms with van der Waals surface area (Å²) in [6, 6.07) is 0.366. The van der Waals surface area contributed by atoms with E-state index in [0.717, 1.165) is 37.9 Å². The van der Waals surface area contributed by atoms with Gasteiger partial charge in [0.25, 0.3) is 0 Å². The second-order valence-electron chi connectivity index (χ2n) is 3.62. The fourth-order valence-electron chi connectivity index (χ4n) is 1.49. The first-order valence-electron chi connectivity index (χ1n) is 5.30. The van der Waals surface area contributed by atoms with Gasteiger partial charge in [0.15, 0.2) is 5.82 Å². The van der Waals surface area contributed by atoms with Crippen LogP contribution in [0.1, 0.15) is 44.9 Å². The summed E-state index contributed by atoms with van der Waals surface area (Å²) in [7, 11) is 0. The monoisotopic (exact) mass is 197 g/mol. The lowest BCUT2D eigenvalue weighted by atomic mass is 10.1. The average molecular weight is 197 g/mol. The van der Waals surface area contributed by atoms with Crippen LogP contribution in [0, 0.1) is 0 Å². The number of tetrazole rings is 1. The number of aromatic nitrogens is 4. The molecule has 0 aliphatic carbocycles. The zero-order chi connectivity index (χ0) is 10.2. The maximum Gasteiger partial charge on any atom is 0.174 e. The van der Waals surface area contributed by atoms with Gasteiger partial charge in [-0.1, -0.05) is 25.0 Å². The maximum absolute atomic E-state index is 5.89. The minimum Gasteiger partial charge on any atom is -0.328 e. The fraction of sp³-hybridized carbons (Fsp3) is 0.889. The maximum atomic E-state index is 5.89. The fourth-order valence-corrected chi connectivity index (χ4v) is 1.49. The molecule has 5 heteroatoms. The van der Waals surface area contributed by atoms with E-state index in [-0.39, 0.29) is 0 Å². The van der Waals surface area contributed by atoms with Crippen LogP contribution in [0.15, 0.2) is 0 Å². The van der Waals surface area contributed by atoms with E-state index < -0.39 is 0 Å². The van der Waals surface area contributed by atoms with Gasteiger partial charge in [0.1, 0.15) is 0 Å². The molecule has 80 valence electrons. The van der Waals surface area contributed by atoms with E-state index >= 15 is 0 Å². The molecule has 0 spiro atoms. The van der Waals surface area contributed by atoms with Gasteiger partial charge in [0, 0.05) is 12.5 Å². The van der Waals surface area contributed by atoms with E-state index in [0.29, 0.717) is 6.04 Å². The number of aryl methyl sites for hydroxylation is 1. The van der Waals surface area contributed by atoms with Crippen LogP contribution < -0.4 is 5.73 Å². The van der Waals surface area contributed by atoms with Crippen molar-refractivity contribution < 1.29 is 0 Å². The molecule has 0 bridgehead atoms. The van der Waals surface area contributed by atoms with Gasteiger partial charge in [-0.2, -0.15) is 5.21 Å². The Morgan fingerprint density at radius 2 is 2.21 bits per heavy atom. The number of rotatable bonds is 7. The van der Waals surface area contributed by atoms with Crippen LogP contribution in [0.5, 0.6) is 0 Å². The van der Waals surface area contributed by atoms with Crippen LogP contribution >= 0.6 is 0 Å². The largest absolute Gasteiger partial charge is 0.328 e. The van der Waals surface area contributed by atoms with Crippen molar-refractivity contribution in [2.75, 3.05) is 0 Å². The molecule has 5 nitrogen and oxygen atoms in total. The molecule has 1 unspecified atom stereocenters. The smallest absolute Gasteiger partial charge is 0.174 e. The van der Waals surface area contributed by atoms with E-state index in [1.54, 1.807) is 0 Å². The van der Waals surface area contributed by atoms with Crippen LogP contribution in [-0.2, 0) is 6.42 Å². The molecule has 1 heterocycles. The number of H-pyrrole nitrogens is 1. The highest BCUT2D eigenvalue weighted by atomic mass is 15.5. The average Bonchev–Trinajstić information content (AvgIpc) is 2.65. The van der Waals surface area contributed by atoms with Crippen LogP contribution in [0.4, 0.5) is 0 Å². The third-order valence-electron chi connectivity index (χ3n) is 2.27. The molecule has 0 saturated carbocycles. The Balaban J connectivity index is 1.99. The summed E-state index contributed by atoms with van der Waals surface area (Å²) < 4.78 is 0. The molecule has 1 atom stereocenters. The molecule has 0 amide bonds. The number of hydrogen-bond donors (Lipinski definition) is 2. The minimum absolute atomic E-state index is 0.366. The number of hydrogen-bond acceptors (Lipinski definition) is 4. The molecule has 0 aliphatic heterocycles. The normalized spacial score (nSPS) is 13.0. The SMILES string of the molecule is CCCC(N)CCCCc1nn[nH]n1. The summed E-state index contributed by atoms with van der Waals surface area (Å²) >= 11 is 0. The zero-order valence-corrected chi connectivity index (χ0v) is 8.74. The second kappa shape index (κ2) is 6.48. The Morgan fingerprint density at radius 1 is 1.36 bits per heavy atom. The van der Waals surface area contributed by atoms with Crippen molar-refractivity contribution >= 4 is 0 Å². The van der Waals surface area contributed by atoms with E-state index in [1.807, 2.05) is 0 Å². The molecule has 0 fully saturated rings. The lowest BCUT2D eigenvalue weighted by molar-refractivity contribution is 0.524. The van der Waals surface area contributed by atoms with Gasteiger partial charge >= 0.3 is 0 Å². The molecule has 1 aromatic heterocycles. The summed E-state index contributed by atoms with van der Waals surface area (Å²) in [4.78, 5) is 0. The van der Waals surface area contributed by atoms with Crippen LogP contribution in [-0.4, -0.2) is 26.7 Å². The van der Waals surface area contributed by atoms with Crippen molar-refractivity contribution in [2.24, 2.45) is 5.73 Å². The molecule has 0 radical (unpaired) electrons. The van der Waals surface area contributed by atoms with Gasteiger partial charge in [-0.15, -0.1) is 10.2 Å². The summed E-state index contributed by atoms with van der Waals surface area (Å²) in [5.41, 5.74) is 5.89. The van der Waals surface area contributed by atoms with E-state index in [4.69, 9.17) is 5.73 Å². The van der Waals surface area contributed by atoms with Gasteiger partial charge in [0.05, 0.1) is 0 Å². The Bertz CT molecular complexity index is 221. The molecular formula is C9H19N5. The van der Waals surface area contributed by atoms with Crippen molar-refractivity contribution in [3.63, 3.8) is 0 Å². The predicted molar refractivity (Wildman–Crippen MR) is 54.6 cm³/mol. The van der Waals surface area contributed by atoms with Gasteiger partial charge in [-0.25, -0.2) is 0 Å². The van der Waals surface area contributed by atoms with Crippen LogP contribution in [0.2, 0.25) is 0 Å². The molecule has 0 aromatic carbocycles. The Labute approximate surface area is 84.5 Å². The summed E-state index contributed by atoms with van der Waals surface area (Å²) in [5, 5.41) is 13.7. The highest BCUT2D eigenvalue weighted by Crippen LogP contribution is 2.06. The van der Waals surface area contributed by atoms with Crippen molar-refractivity contribution in [3.05, 3.63) is 5.82 Å². The first-order valence-corrected chi connectivity index (χ1v) is 5.30. The molecule has 1 rings (SSSR count). The minimum atomic E-state index is 0.366. The first-order chi connectivity index (χ1) is 6.83. The van der Waals surface area contributed by atoms with E-state index in [2.05, 4.69) is 27.5 Å². The van der Waals surface area contributed by atoms with E-state index in [9.17, 15) is 0 Å². The molecular weight excluding hydrogens is 178 g/mol. The van der Waals surface area contributed by atoms with Crippen molar-refractivity contribution in [1.82, 2.24) is 20.6 Å². The highest BCUT2D eigenvalue weighted by molar-refractivity contribution is 4.75. The standard InChI is InChI=1S/C9H19N5/c1-2-5-8(10)6-3-4-7-9-11-13-14-12-9/h8H,2-7,10H2,1H3,(H,11,12,13,14).